The van der Waals surface area contributed by atoms with Crippen molar-refractivity contribution in [2.45, 2.75) is 32.0 Å². The van der Waals surface area contributed by atoms with Crippen molar-refractivity contribution in [1.82, 2.24) is 0 Å². The van der Waals surface area contributed by atoms with E-state index in [0.717, 1.165) is 5.56 Å². The predicted octanol–water partition coefficient (Wildman–Crippen LogP) is 3.66. The Morgan fingerprint density at radius 3 is 2.16 bits per heavy atom. The number of benzene rings is 2. The van der Waals surface area contributed by atoms with Crippen LogP contribution in [0.1, 0.15) is 36.2 Å². The van der Waals surface area contributed by atoms with E-state index in [0.29, 0.717) is 5.56 Å². The van der Waals surface area contributed by atoms with E-state index in [4.69, 9.17) is 4.74 Å². The third kappa shape index (κ3) is 5.40. The van der Waals surface area contributed by atoms with Gasteiger partial charge in [0.15, 0.2) is 11.4 Å². The lowest BCUT2D eigenvalue weighted by Crippen LogP contribution is -2.41. The maximum absolute atomic E-state index is 12.5. The largest absolute Gasteiger partial charge is 0.461 e. The van der Waals surface area contributed by atoms with Gasteiger partial charge >= 0.3 is 5.97 Å². The highest BCUT2D eigenvalue weighted by Gasteiger charge is 2.38. The molecule has 0 unspecified atom stereocenters. The lowest BCUT2D eigenvalue weighted by atomic mass is 9.92. The van der Waals surface area contributed by atoms with Gasteiger partial charge in [-0.2, -0.15) is 0 Å². The van der Waals surface area contributed by atoms with Crippen molar-refractivity contribution in [2.24, 2.45) is 0 Å². The van der Waals surface area contributed by atoms with Gasteiger partial charge in [0, 0.05) is 5.56 Å². The first-order chi connectivity index (χ1) is 11.9. The normalized spacial score (nSPS) is 13.6. The average molecular weight is 338 g/mol. The standard InChI is InChI=1S/C21H22O4/c1-16(2)25-20(23)21(24,14-13-17-9-5-3-6-10-17)15-19(22)18-11-7-4-8-12-18/h3-14,16,24H,15H2,1-2H3/b14-13+/t21-/m0/s1. The molecule has 0 aromatic heterocycles. The van der Waals surface area contributed by atoms with Gasteiger partial charge in [-0.25, -0.2) is 4.79 Å². The van der Waals surface area contributed by atoms with Gasteiger partial charge < -0.3 is 9.84 Å². The highest BCUT2D eigenvalue weighted by atomic mass is 16.6. The minimum absolute atomic E-state index is 0.332. The summed E-state index contributed by atoms with van der Waals surface area (Å²) in [6, 6.07) is 17.8. The van der Waals surface area contributed by atoms with Crippen LogP contribution < -0.4 is 0 Å². The molecule has 0 aliphatic rings. The molecular weight excluding hydrogens is 316 g/mol. The van der Waals surface area contributed by atoms with Gasteiger partial charge in [0.05, 0.1) is 12.5 Å². The molecule has 4 nitrogen and oxygen atoms in total. The first kappa shape index (κ1) is 18.6. The molecule has 2 aromatic rings. The van der Waals surface area contributed by atoms with Gasteiger partial charge in [0.2, 0.25) is 0 Å². The van der Waals surface area contributed by atoms with Crippen molar-refractivity contribution < 1.29 is 19.4 Å². The molecule has 0 heterocycles. The second-order valence-electron chi connectivity index (χ2n) is 6.09. The zero-order chi connectivity index (χ0) is 18.3. The molecule has 0 saturated carbocycles. The number of esters is 1. The van der Waals surface area contributed by atoms with Crippen LogP contribution in [0.3, 0.4) is 0 Å². The summed E-state index contributed by atoms with van der Waals surface area (Å²) >= 11 is 0. The number of carbonyl (C=O) groups excluding carboxylic acids is 2. The highest BCUT2D eigenvalue weighted by Crippen LogP contribution is 2.21. The lowest BCUT2D eigenvalue weighted by molar-refractivity contribution is -0.164. The maximum Gasteiger partial charge on any atom is 0.342 e. The molecule has 0 saturated heterocycles. The molecule has 0 fully saturated rings. The molecule has 0 bridgehead atoms. The minimum atomic E-state index is -2.02. The average Bonchev–Trinajstić information content (AvgIpc) is 2.61. The topological polar surface area (TPSA) is 63.6 Å². The van der Waals surface area contributed by atoms with Crippen molar-refractivity contribution in [3.63, 3.8) is 0 Å². The molecule has 0 radical (unpaired) electrons. The fourth-order valence-electron chi connectivity index (χ4n) is 2.28. The van der Waals surface area contributed by atoms with Crippen LogP contribution in [0.15, 0.2) is 66.7 Å². The Morgan fingerprint density at radius 2 is 1.60 bits per heavy atom. The molecule has 2 rings (SSSR count). The Hall–Kier alpha value is -2.72. The first-order valence-electron chi connectivity index (χ1n) is 8.17. The van der Waals surface area contributed by atoms with E-state index in [2.05, 4.69) is 0 Å². The number of ether oxygens (including phenoxy) is 1. The van der Waals surface area contributed by atoms with Crippen LogP contribution in [0.2, 0.25) is 0 Å². The second-order valence-corrected chi connectivity index (χ2v) is 6.09. The van der Waals surface area contributed by atoms with Gasteiger partial charge in [-0.05, 0) is 25.5 Å². The summed E-state index contributed by atoms with van der Waals surface area (Å²) in [5.41, 5.74) is -0.774. The maximum atomic E-state index is 12.5. The van der Waals surface area contributed by atoms with E-state index in [1.54, 1.807) is 50.3 Å². The zero-order valence-electron chi connectivity index (χ0n) is 14.4. The smallest absolute Gasteiger partial charge is 0.342 e. The molecule has 4 heteroatoms. The van der Waals surface area contributed by atoms with Crippen molar-refractivity contribution in [2.75, 3.05) is 0 Å². The van der Waals surface area contributed by atoms with Crippen molar-refractivity contribution in [3.8, 4) is 0 Å². The molecule has 0 aliphatic carbocycles. The number of aliphatic hydroxyl groups is 1. The summed E-state index contributed by atoms with van der Waals surface area (Å²) in [4.78, 5) is 24.8. The highest BCUT2D eigenvalue weighted by molar-refractivity contribution is 6.00. The molecular formula is C21H22O4. The van der Waals surface area contributed by atoms with Gasteiger partial charge in [-0.1, -0.05) is 66.7 Å². The quantitative estimate of drug-likeness (QED) is 0.618. The van der Waals surface area contributed by atoms with E-state index in [9.17, 15) is 14.7 Å². The fourth-order valence-corrected chi connectivity index (χ4v) is 2.28. The summed E-state index contributed by atoms with van der Waals surface area (Å²) in [6.07, 6.45) is 2.16. The van der Waals surface area contributed by atoms with Crippen LogP contribution in [0, 0.1) is 0 Å². The van der Waals surface area contributed by atoms with Crippen LogP contribution in [-0.4, -0.2) is 28.6 Å². The van der Waals surface area contributed by atoms with E-state index in [-0.39, 0.29) is 12.2 Å². The van der Waals surface area contributed by atoms with Crippen LogP contribution in [-0.2, 0) is 9.53 Å². The molecule has 1 atom stereocenters. The first-order valence-corrected chi connectivity index (χ1v) is 8.17. The predicted molar refractivity (Wildman–Crippen MR) is 97.0 cm³/mol. The second kappa shape index (κ2) is 8.40. The molecule has 0 spiro atoms. The summed E-state index contributed by atoms with van der Waals surface area (Å²) in [5.74, 6) is -1.17. The number of carbonyl (C=O) groups is 2. The van der Waals surface area contributed by atoms with E-state index >= 15 is 0 Å². The molecule has 0 amide bonds. The van der Waals surface area contributed by atoms with Crippen molar-refractivity contribution >= 4 is 17.8 Å². The zero-order valence-corrected chi connectivity index (χ0v) is 14.4. The van der Waals surface area contributed by atoms with E-state index < -0.39 is 17.7 Å². The monoisotopic (exact) mass is 338 g/mol. The van der Waals surface area contributed by atoms with E-state index in [1.807, 2.05) is 30.3 Å². The molecule has 1 N–H and O–H groups in total. The number of Topliss-reactive ketones (excluding diaryl/α,β-unsaturated/α-hetero) is 1. The number of hydrogen-bond donors (Lipinski definition) is 1. The molecule has 25 heavy (non-hydrogen) atoms. The third-order valence-electron chi connectivity index (χ3n) is 3.57. The Bertz CT molecular complexity index is 735. The molecule has 2 aromatic carbocycles. The van der Waals surface area contributed by atoms with Crippen LogP contribution in [0.5, 0.6) is 0 Å². The van der Waals surface area contributed by atoms with E-state index in [1.165, 1.54) is 6.08 Å². The molecule has 0 aliphatic heterocycles. The minimum Gasteiger partial charge on any atom is -0.461 e. The van der Waals surface area contributed by atoms with Crippen LogP contribution in [0.4, 0.5) is 0 Å². The van der Waals surface area contributed by atoms with Gasteiger partial charge in [0.25, 0.3) is 0 Å². The Kier molecular flexibility index (Phi) is 6.25. The van der Waals surface area contributed by atoms with Gasteiger partial charge in [0.1, 0.15) is 0 Å². The van der Waals surface area contributed by atoms with Crippen LogP contribution >= 0.6 is 0 Å². The summed E-state index contributed by atoms with van der Waals surface area (Å²) in [6.45, 7) is 3.39. The van der Waals surface area contributed by atoms with Crippen LogP contribution in [0.25, 0.3) is 6.08 Å². The number of ketones is 1. The summed E-state index contributed by atoms with van der Waals surface area (Å²) < 4.78 is 5.15. The number of hydrogen-bond acceptors (Lipinski definition) is 4. The fraction of sp³-hybridized carbons (Fsp3) is 0.238. The SMILES string of the molecule is CC(C)OC(=O)[C@](O)(/C=C/c1ccccc1)CC(=O)c1ccccc1. The van der Waals surface area contributed by atoms with Gasteiger partial charge in [-0.3, -0.25) is 4.79 Å². The number of rotatable bonds is 7. The lowest BCUT2D eigenvalue weighted by Gasteiger charge is -2.23. The summed E-state index contributed by atoms with van der Waals surface area (Å²) in [7, 11) is 0. The molecule has 130 valence electrons. The third-order valence-corrected chi connectivity index (χ3v) is 3.57. The Morgan fingerprint density at radius 1 is 1.04 bits per heavy atom. The van der Waals surface area contributed by atoms with Crippen molar-refractivity contribution in [3.05, 3.63) is 77.9 Å². The van der Waals surface area contributed by atoms with Crippen molar-refractivity contribution in [1.29, 1.82) is 0 Å². The Labute approximate surface area is 147 Å². The van der Waals surface area contributed by atoms with Gasteiger partial charge in [-0.15, -0.1) is 0 Å². The summed E-state index contributed by atoms with van der Waals surface area (Å²) in [5, 5.41) is 10.8. The Balaban J connectivity index is 2.27.